The largest absolute Gasteiger partial charge is 0.481 e. The van der Waals surface area contributed by atoms with Crippen LogP contribution in [-0.2, 0) is 22.9 Å². The van der Waals surface area contributed by atoms with Gasteiger partial charge in [0.1, 0.15) is 5.78 Å². The molecule has 0 amide bonds. The Morgan fingerprint density at radius 3 is 1.75 bits per heavy atom. The number of allylic oxidation sites excluding steroid dienone is 1. The van der Waals surface area contributed by atoms with Crippen LogP contribution in [0.5, 0.6) is 0 Å². The van der Waals surface area contributed by atoms with Crippen molar-refractivity contribution in [2.45, 2.75) is 216 Å². The first kappa shape index (κ1) is 52.8. The number of carboxylic acid groups (broad SMARTS) is 1. The number of aryl methyl sites for hydroxylation is 1. The van der Waals surface area contributed by atoms with Crippen LogP contribution in [0.25, 0.3) is 6.08 Å². The molecular formula is C45H85NO6SSi3. The topological polar surface area (TPSA) is 95.0 Å². The van der Waals surface area contributed by atoms with Gasteiger partial charge in [0.25, 0.3) is 0 Å². The number of nitrogens with zero attached hydrogens (tertiary/aromatic N) is 1. The van der Waals surface area contributed by atoms with Crippen LogP contribution in [0.1, 0.15) is 147 Å². The molecule has 0 saturated carbocycles. The van der Waals surface area contributed by atoms with E-state index < -0.39 is 48.4 Å². The van der Waals surface area contributed by atoms with Gasteiger partial charge in [-0.25, -0.2) is 4.98 Å². The lowest BCUT2D eigenvalue weighted by atomic mass is 9.73. The van der Waals surface area contributed by atoms with Crippen molar-refractivity contribution in [3.05, 3.63) is 33.3 Å². The van der Waals surface area contributed by atoms with E-state index >= 15 is 0 Å². The second-order valence-corrected chi connectivity index (χ2v) is 37.2. The third-order valence-corrected chi connectivity index (χ3v) is 27.7. The van der Waals surface area contributed by atoms with Crippen molar-refractivity contribution in [2.24, 2.45) is 17.3 Å². The maximum atomic E-state index is 14.7. The zero-order valence-corrected chi connectivity index (χ0v) is 43.8. The first-order valence-electron chi connectivity index (χ1n) is 21.0. The third-order valence-electron chi connectivity index (χ3n) is 13.4. The summed E-state index contributed by atoms with van der Waals surface area (Å²) in [5.41, 5.74) is 2.51. The van der Waals surface area contributed by atoms with E-state index in [4.69, 9.17) is 13.3 Å². The summed E-state index contributed by atoms with van der Waals surface area (Å²) in [5, 5.41) is 13.1. The summed E-state index contributed by atoms with van der Waals surface area (Å²) < 4.78 is 20.9. The van der Waals surface area contributed by atoms with Gasteiger partial charge < -0.3 is 18.4 Å². The Labute approximate surface area is 351 Å². The van der Waals surface area contributed by atoms with Crippen molar-refractivity contribution in [1.82, 2.24) is 4.98 Å². The van der Waals surface area contributed by atoms with Gasteiger partial charge in [0.15, 0.2) is 25.0 Å². The Bertz CT molecular complexity index is 1510. The van der Waals surface area contributed by atoms with E-state index in [1.807, 2.05) is 27.7 Å². The van der Waals surface area contributed by atoms with Crippen LogP contribution >= 0.6 is 11.3 Å². The van der Waals surface area contributed by atoms with Gasteiger partial charge in [0.2, 0.25) is 0 Å². The minimum atomic E-state index is -2.38. The summed E-state index contributed by atoms with van der Waals surface area (Å²) in [6.45, 7) is 47.8. The molecule has 0 radical (unpaired) electrons. The minimum Gasteiger partial charge on any atom is -0.481 e. The van der Waals surface area contributed by atoms with Crippen molar-refractivity contribution in [3.63, 3.8) is 0 Å². The summed E-state index contributed by atoms with van der Waals surface area (Å²) >= 11 is 1.67. The highest BCUT2D eigenvalue weighted by Crippen LogP contribution is 2.44. The monoisotopic (exact) mass is 852 g/mol. The maximum Gasteiger partial charge on any atom is 0.305 e. The molecule has 1 aromatic rings. The zero-order valence-electron chi connectivity index (χ0n) is 40.0. The van der Waals surface area contributed by atoms with Crippen LogP contribution < -0.4 is 0 Å². The average Bonchev–Trinajstić information content (AvgIpc) is 3.42. The number of carboxylic acids is 1. The SMILES string of the molecule is C/C(=C/C[C@H](O[Si](C)(C)C(C)(C)C)/C(C)=C/c1csc(C)n1)CCC[C@H](C)[C@H](O[Si](C)(C)C(C)(C)C)C(C)C(=O)C(C)(C)[C@H](CC(=O)O)O[Si](C)(C)C(C)(C)C. The van der Waals surface area contributed by atoms with Crippen molar-refractivity contribution in [1.29, 1.82) is 0 Å². The molecule has 0 saturated heterocycles. The number of hydrogen-bond acceptors (Lipinski definition) is 7. The number of aliphatic carboxylic acids is 1. The molecule has 7 nitrogen and oxygen atoms in total. The van der Waals surface area contributed by atoms with Gasteiger partial charge in [0.05, 0.1) is 35.4 Å². The summed E-state index contributed by atoms with van der Waals surface area (Å²) in [5.74, 6) is -1.26. The number of carbonyl (C=O) groups excluding carboxylic acids is 1. The minimum absolute atomic E-state index is 0.0121. The van der Waals surface area contributed by atoms with Crippen LogP contribution in [0.2, 0.25) is 54.4 Å². The van der Waals surface area contributed by atoms with Gasteiger partial charge in [-0.3, -0.25) is 9.59 Å². The Hall–Kier alpha value is -1.22. The first-order chi connectivity index (χ1) is 25.0. The van der Waals surface area contributed by atoms with Gasteiger partial charge in [-0.2, -0.15) is 0 Å². The standard InChI is InChI=1S/C45H85NO6SSi3/c1-31(26-27-37(50-54(17,18)42(6,7)8)33(3)28-36-30-53-35(5)46-36)24-23-25-32(2)40(52-56(21,22)44(12,13)14)34(4)41(49)45(15,16)38(29-39(47)48)51-55(19,20)43(9,10)11/h26,28,30,32,34,37-38,40H,23-25,27,29H2,1-22H3,(H,47,48)/b31-26-,33-28+/t32-,34?,37-,38-,40-/m0/s1. The first-order valence-corrected chi connectivity index (χ1v) is 30.6. The molecule has 0 aliphatic rings. The highest BCUT2D eigenvalue weighted by Gasteiger charge is 2.50. The molecular weight excluding hydrogens is 767 g/mol. The fraction of sp³-hybridized carbons (Fsp3) is 0.800. The van der Waals surface area contributed by atoms with Gasteiger partial charge in [-0.15, -0.1) is 11.3 Å². The van der Waals surface area contributed by atoms with Gasteiger partial charge in [-0.05, 0) is 118 Å². The Morgan fingerprint density at radius 1 is 0.821 bits per heavy atom. The highest BCUT2D eigenvalue weighted by atomic mass is 32.1. The van der Waals surface area contributed by atoms with E-state index in [1.54, 1.807) is 11.3 Å². The van der Waals surface area contributed by atoms with E-state index in [0.29, 0.717) is 0 Å². The van der Waals surface area contributed by atoms with Crippen molar-refractivity contribution >= 4 is 54.1 Å². The van der Waals surface area contributed by atoms with Crippen LogP contribution in [0.3, 0.4) is 0 Å². The molecule has 56 heavy (non-hydrogen) atoms. The van der Waals surface area contributed by atoms with Gasteiger partial charge >= 0.3 is 5.97 Å². The fourth-order valence-corrected chi connectivity index (χ4v) is 11.0. The lowest BCUT2D eigenvalue weighted by molar-refractivity contribution is -0.146. The lowest BCUT2D eigenvalue weighted by Gasteiger charge is -2.46. The molecule has 0 aliphatic heterocycles. The summed E-state index contributed by atoms with van der Waals surface area (Å²) in [7, 11) is -6.69. The predicted molar refractivity (Wildman–Crippen MR) is 248 cm³/mol. The lowest BCUT2D eigenvalue weighted by Crippen LogP contribution is -2.54. The number of aromatic nitrogens is 1. The molecule has 1 rings (SSSR count). The van der Waals surface area contributed by atoms with Gasteiger partial charge in [0, 0.05) is 16.7 Å². The highest BCUT2D eigenvalue weighted by molar-refractivity contribution is 7.09. The molecule has 0 aromatic carbocycles. The molecule has 0 fully saturated rings. The Balaban J connectivity index is 3.37. The molecule has 1 aromatic heterocycles. The molecule has 1 unspecified atom stereocenters. The second kappa shape index (κ2) is 19.9. The predicted octanol–water partition coefficient (Wildman–Crippen LogP) is 13.9. The smallest absolute Gasteiger partial charge is 0.305 e. The van der Waals surface area contributed by atoms with Gasteiger partial charge in [-0.1, -0.05) is 102 Å². The second-order valence-electron chi connectivity index (χ2n) is 21.9. The Kier molecular flexibility index (Phi) is 18.8. The van der Waals surface area contributed by atoms with Crippen LogP contribution in [-0.4, -0.2) is 65.1 Å². The summed E-state index contributed by atoms with van der Waals surface area (Å²) in [6.07, 6.45) is 6.92. The molecule has 324 valence electrons. The molecule has 1 N–H and O–H groups in total. The van der Waals surface area contributed by atoms with Crippen LogP contribution in [0.4, 0.5) is 0 Å². The maximum absolute atomic E-state index is 14.7. The zero-order chi connectivity index (χ0) is 44.0. The molecule has 5 atom stereocenters. The fourth-order valence-electron chi connectivity index (χ4n) is 6.17. The molecule has 0 bridgehead atoms. The van der Waals surface area contributed by atoms with E-state index in [9.17, 15) is 14.7 Å². The number of thiazole rings is 1. The molecule has 0 spiro atoms. The third kappa shape index (κ3) is 15.1. The number of hydrogen-bond donors (Lipinski definition) is 1. The van der Waals surface area contributed by atoms with Crippen LogP contribution in [0, 0.1) is 24.2 Å². The number of Topliss-reactive ketones (excluding diaryl/α,β-unsaturated/α-hetero) is 1. The molecule has 0 aliphatic carbocycles. The van der Waals surface area contributed by atoms with Crippen LogP contribution in [0.15, 0.2) is 22.6 Å². The molecule has 1 heterocycles. The van der Waals surface area contributed by atoms with Crippen molar-refractivity contribution in [3.8, 4) is 0 Å². The van der Waals surface area contributed by atoms with E-state index in [-0.39, 0.29) is 45.4 Å². The van der Waals surface area contributed by atoms with Crippen molar-refractivity contribution in [2.75, 3.05) is 0 Å². The van der Waals surface area contributed by atoms with Crippen molar-refractivity contribution < 1.29 is 28.0 Å². The normalized spacial score (nSPS) is 17.4. The van der Waals surface area contributed by atoms with E-state index in [0.717, 1.165) is 36.4 Å². The number of carbonyl (C=O) groups is 2. The number of rotatable bonds is 21. The molecule has 11 heteroatoms. The quantitative estimate of drug-likeness (QED) is 0.0972. The Morgan fingerprint density at radius 2 is 1.30 bits per heavy atom. The summed E-state index contributed by atoms with van der Waals surface area (Å²) in [6, 6.07) is 0. The van der Waals surface area contributed by atoms with E-state index in [2.05, 4.69) is 145 Å². The van der Waals surface area contributed by atoms with E-state index in [1.165, 1.54) is 11.1 Å². The number of ketones is 1. The average molecular weight is 853 g/mol. The summed E-state index contributed by atoms with van der Waals surface area (Å²) in [4.78, 5) is 31.6.